The summed E-state index contributed by atoms with van der Waals surface area (Å²) in [4.78, 5) is 34.4. The molecule has 0 saturated heterocycles. The molecule has 0 unspecified atom stereocenters. The predicted octanol–water partition coefficient (Wildman–Crippen LogP) is 2.67. The third-order valence-electron chi connectivity index (χ3n) is 3.41. The maximum atomic E-state index is 12.4. The van der Waals surface area contributed by atoms with Crippen molar-refractivity contribution in [1.29, 1.82) is 0 Å². The molecule has 2 rings (SSSR count). The first-order valence-corrected chi connectivity index (χ1v) is 8.18. The lowest BCUT2D eigenvalue weighted by Gasteiger charge is -2.12. The van der Waals surface area contributed by atoms with E-state index in [9.17, 15) is 23.2 Å². The number of para-hydroxylation sites is 2. The Kier molecular flexibility index (Phi) is 7.89. The fourth-order valence-electron chi connectivity index (χ4n) is 2.16. The molecule has 0 aliphatic carbocycles. The van der Waals surface area contributed by atoms with Gasteiger partial charge in [-0.25, -0.2) is 4.79 Å². The number of methoxy groups -OCH3 is 1. The van der Waals surface area contributed by atoms with E-state index in [1.807, 2.05) is 0 Å². The largest absolute Gasteiger partial charge is 0.493 e. The number of benzene rings is 2. The summed E-state index contributed by atoms with van der Waals surface area (Å²) < 4.78 is 44.1. The third kappa shape index (κ3) is 6.76. The van der Waals surface area contributed by atoms with Crippen LogP contribution in [0.25, 0.3) is 0 Å². The topological polar surface area (TPSA) is 100 Å². The number of aldehydes is 1. The van der Waals surface area contributed by atoms with Crippen molar-refractivity contribution in [1.82, 2.24) is 0 Å². The number of alkyl halides is 2. The first-order valence-electron chi connectivity index (χ1n) is 8.18. The number of carbonyl (C=O) groups excluding carboxylic acids is 3. The first-order chi connectivity index (χ1) is 13.9. The fraction of sp³-hybridized carbons (Fsp3) is 0.211. The molecular weight excluding hydrogens is 392 g/mol. The minimum atomic E-state index is -3.05. The summed E-state index contributed by atoms with van der Waals surface area (Å²) in [7, 11) is 1.37. The molecule has 2 aromatic rings. The highest BCUT2D eigenvalue weighted by Gasteiger charge is 2.14. The van der Waals surface area contributed by atoms with Crippen LogP contribution in [-0.2, 0) is 14.3 Å². The van der Waals surface area contributed by atoms with Gasteiger partial charge in [0.2, 0.25) is 0 Å². The van der Waals surface area contributed by atoms with Gasteiger partial charge >= 0.3 is 12.6 Å². The molecule has 0 radical (unpaired) electrons. The second kappa shape index (κ2) is 10.6. The Labute approximate surface area is 164 Å². The molecule has 0 atom stereocenters. The number of rotatable bonds is 10. The number of halogens is 2. The monoisotopic (exact) mass is 409 g/mol. The van der Waals surface area contributed by atoms with Gasteiger partial charge in [0, 0.05) is 5.56 Å². The molecule has 0 saturated carbocycles. The van der Waals surface area contributed by atoms with E-state index in [1.165, 1.54) is 49.6 Å². The van der Waals surface area contributed by atoms with Crippen molar-refractivity contribution in [3.05, 3.63) is 48.0 Å². The molecule has 0 bridgehead atoms. The van der Waals surface area contributed by atoms with Crippen LogP contribution in [0.5, 0.6) is 17.2 Å². The summed E-state index contributed by atoms with van der Waals surface area (Å²) in [6.07, 6.45) is 0.629. The van der Waals surface area contributed by atoms with Crippen LogP contribution in [0.4, 0.5) is 14.5 Å². The molecule has 1 N–H and O–H groups in total. The van der Waals surface area contributed by atoms with Crippen LogP contribution in [0.15, 0.2) is 42.5 Å². The molecule has 29 heavy (non-hydrogen) atoms. The Morgan fingerprint density at radius 2 is 1.83 bits per heavy atom. The van der Waals surface area contributed by atoms with Gasteiger partial charge in [0.25, 0.3) is 5.91 Å². The fourth-order valence-corrected chi connectivity index (χ4v) is 2.16. The van der Waals surface area contributed by atoms with Crippen LogP contribution in [-0.4, -0.2) is 45.1 Å². The van der Waals surface area contributed by atoms with Crippen LogP contribution in [0.1, 0.15) is 10.4 Å². The normalized spacial score (nSPS) is 10.2. The second-order valence-electron chi connectivity index (χ2n) is 5.40. The minimum absolute atomic E-state index is 0.00472. The zero-order chi connectivity index (χ0) is 21.2. The van der Waals surface area contributed by atoms with Gasteiger partial charge in [0.05, 0.1) is 12.8 Å². The highest BCUT2D eigenvalue weighted by atomic mass is 19.3. The van der Waals surface area contributed by atoms with Crippen molar-refractivity contribution in [2.45, 2.75) is 6.61 Å². The number of nitrogens with one attached hydrogen (secondary N) is 1. The minimum Gasteiger partial charge on any atom is -0.493 e. The predicted molar refractivity (Wildman–Crippen MR) is 96.5 cm³/mol. The molecule has 10 heteroatoms. The zero-order valence-corrected chi connectivity index (χ0v) is 15.2. The van der Waals surface area contributed by atoms with Crippen molar-refractivity contribution in [2.24, 2.45) is 0 Å². The second-order valence-corrected chi connectivity index (χ2v) is 5.40. The van der Waals surface area contributed by atoms with E-state index < -0.39 is 31.7 Å². The van der Waals surface area contributed by atoms with Crippen LogP contribution >= 0.6 is 0 Å². The van der Waals surface area contributed by atoms with Crippen molar-refractivity contribution in [3.63, 3.8) is 0 Å². The van der Waals surface area contributed by atoms with Crippen molar-refractivity contribution in [2.75, 3.05) is 25.6 Å². The van der Waals surface area contributed by atoms with Gasteiger partial charge in [-0.05, 0) is 30.3 Å². The molecule has 154 valence electrons. The number of anilines is 1. The average molecular weight is 409 g/mol. The highest BCUT2D eigenvalue weighted by Crippen LogP contribution is 2.27. The molecule has 0 aliphatic heterocycles. The lowest BCUT2D eigenvalue weighted by atomic mass is 10.2. The van der Waals surface area contributed by atoms with Gasteiger partial charge in [0.1, 0.15) is 12.0 Å². The van der Waals surface area contributed by atoms with Crippen LogP contribution in [0.2, 0.25) is 0 Å². The Morgan fingerprint density at radius 1 is 1.07 bits per heavy atom. The van der Waals surface area contributed by atoms with E-state index in [-0.39, 0.29) is 22.9 Å². The number of hydrogen-bond donors (Lipinski definition) is 1. The molecule has 0 spiro atoms. The Hall–Kier alpha value is -3.69. The number of ether oxygens (including phenoxy) is 4. The van der Waals surface area contributed by atoms with Crippen molar-refractivity contribution in [3.8, 4) is 17.2 Å². The van der Waals surface area contributed by atoms with E-state index in [1.54, 1.807) is 0 Å². The molecule has 2 aromatic carbocycles. The van der Waals surface area contributed by atoms with Gasteiger partial charge in [-0.2, -0.15) is 8.78 Å². The number of esters is 1. The van der Waals surface area contributed by atoms with Crippen LogP contribution < -0.4 is 19.5 Å². The van der Waals surface area contributed by atoms with Crippen molar-refractivity contribution < 1.29 is 42.1 Å². The quantitative estimate of drug-likeness (QED) is 0.476. The molecular formula is C19H17F2NO7. The summed E-state index contributed by atoms with van der Waals surface area (Å²) in [5.74, 6) is -1.37. The SMILES string of the molecule is COc1cc(C=O)ccc1OCC(=O)OCC(=O)Nc1ccccc1OC(F)F. The number of hydrogen-bond acceptors (Lipinski definition) is 7. The molecule has 0 heterocycles. The van der Waals surface area contributed by atoms with Gasteiger partial charge in [-0.1, -0.05) is 12.1 Å². The van der Waals surface area contributed by atoms with E-state index in [2.05, 4.69) is 10.1 Å². The van der Waals surface area contributed by atoms with Gasteiger partial charge in [-0.15, -0.1) is 0 Å². The molecule has 0 aromatic heterocycles. The van der Waals surface area contributed by atoms with Crippen LogP contribution in [0, 0.1) is 0 Å². The van der Waals surface area contributed by atoms with Crippen molar-refractivity contribution >= 4 is 23.9 Å². The maximum absolute atomic E-state index is 12.4. The highest BCUT2D eigenvalue weighted by molar-refractivity contribution is 5.94. The maximum Gasteiger partial charge on any atom is 0.387 e. The Balaban J connectivity index is 1.84. The number of amides is 1. The van der Waals surface area contributed by atoms with Gasteiger partial charge < -0.3 is 24.3 Å². The summed E-state index contributed by atoms with van der Waals surface area (Å²) in [6, 6.07) is 9.93. The number of carbonyl (C=O) groups is 3. The third-order valence-corrected chi connectivity index (χ3v) is 3.41. The lowest BCUT2D eigenvalue weighted by Crippen LogP contribution is -2.24. The smallest absolute Gasteiger partial charge is 0.387 e. The summed E-state index contributed by atoms with van der Waals surface area (Å²) >= 11 is 0. The van der Waals surface area contributed by atoms with Gasteiger partial charge in [-0.3, -0.25) is 9.59 Å². The van der Waals surface area contributed by atoms with E-state index in [0.29, 0.717) is 11.8 Å². The first kappa shape index (κ1) is 21.6. The van der Waals surface area contributed by atoms with Gasteiger partial charge in [0.15, 0.2) is 24.7 Å². The summed E-state index contributed by atoms with van der Waals surface area (Å²) in [5, 5.41) is 2.31. The van der Waals surface area contributed by atoms with E-state index in [0.717, 1.165) is 0 Å². The van der Waals surface area contributed by atoms with Crippen LogP contribution in [0.3, 0.4) is 0 Å². The van der Waals surface area contributed by atoms with E-state index in [4.69, 9.17) is 14.2 Å². The standard InChI is InChI=1S/C19H17F2NO7/c1-26-16-8-12(9-23)6-7-15(16)27-11-18(25)28-10-17(24)22-13-4-2-3-5-14(13)29-19(20)21/h2-9,19H,10-11H2,1H3,(H,22,24). The molecule has 0 fully saturated rings. The van der Waals surface area contributed by atoms with E-state index >= 15 is 0 Å². The zero-order valence-electron chi connectivity index (χ0n) is 15.2. The Bertz CT molecular complexity index is 873. The average Bonchev–Trinajstić information content (AvgIpc) is 2.71. The summed E-state index contributed by atoms with van der Waals surface area (Å²) in [5.41, 5.74) is 0.370. The molecule has 8 nitrogen and oxygen atoms in total. The molecule has 1 amide bonds. The lowest BCUT2D eigenvalue weighted by molar-refractivity contribution is -0.149. The molecule has 0 aliphatic rings. The Morgan fingerprint density at radius 3 is 2.52 bits per heavy atom. The summed E-state index contributed by atoms with van der Waals surface area (Å²) in [6.45, 7) is -4.23.